The summed E-state index contributed by atoms with van der Waals surface area (Å²) >= 11 is 7.36. The van der Waals surface area contributed by atoms with Gasteiger partial charge in [-0.1, -0.05) is 50.1 Å². The lowest BCUT2D eigenvalue weighted by Crippen LogP contribution is -2.38. The van der Waals surface area contributed by atoms with E-state index in [0.29, 0.717) is 0 Å². The lowest BCUT2D eigenvalue weighted by molar-refractivity contribution is -0.139. The van der Waals surface area contributed by atoms with Gasteiger partial charge in [-0.2, -0.15) is 5.01 Å². The zero-order valence-corrected chi connectivity index (χ0v) is 14.2. The van der Waals surface area contributed by atoms with Crippen molar-refractivity contribution in [2.45, 2.75) is 16.1 Å². The van der Waals surface area contributed by atoms with Crippen molar-refractivity contribution in [3.05, 3.63) is 30.3 Å². The lowest BCUT2D eigenvalue weighted by Gasteiger charge is -2.28. The average Bonchev–Trinajstić information content (AvgIpc) is 3.09. The summed E-state index contributed by atoms with van der Waals surface area (Å²) in [7, 11) is 0. The number of hydrogen-bond acceptors (Lipinski definition) is 3. The molecule has 2 aliphatic carbocycles. The van der Waals surface area contributed by atoms with E-state index in [0.717, 1.165) is 12.1 Å². The number of para-hydroxylation sites is 1. The molecule has 0 aromatic heterocycles. The molecule has 0 radical (unpaired) electrons. The minimum Gasteiger partial charge on any atom is -0.289 e. The molecule has 4 rings (SSSR count). The maximum absolute atomic E-state index is 12.7. The van der Waals surface area contributed by atoms with Gasteiger partial charge in [0.1, 0.15) is 0 Å². The number of alkyl halides is 2. The number of halogens is 2. The molecule has 1 aromatic carbocycles. The van der Waals surface area contributed by atoms with Crippen molar-refractivity contribution in [3.63, 3.8) is 0 Å². The van der Waals surface area contributed by atoms with Gasteiger partial charge in [0.2, 0.25) is 0 Å². The van der Waals surface area contributed by atoms with Gasteiger partial charge in [0, 0.05) is 9.65 Å². The van der Waals surface area contributed by atoms with Gasteiger partial charge in [0.25, 0.3) is 11.8 Å². The number of fused-ring (bicyclic) bond motifs is 5. The van der Waals surface area contributed by atoms with Gasteiger partial charge in [-0.25, -0.2) is 0 Å². The molecule has 1 aromatic rings. The summed E-state index contributed by atoms with van der Waals surface area (Å²) < 4.78 is 0. The van der Waals surface area contributed by atoms with Crippen LogP contribution in [0, 0.1) is 23.7 Å². The molecule has 3 aliphatic rings. The highest BCUT2D eigenvalue weighted by atomic mass is 79.9. The molecule has 4 nitrogen and oxygen atoms in total. The third-order valence-corrected chi connectivity index (χ3v) is 8.21. The van der Waals surface area contributed by atoms with E-state index >= 15 is 0 Å². The number of rotatable bonds is 2. The van der Waals surface area contributed by atoms with E-state index in [1.165, 1.54) is 5.01 Å². The number of hydrazine groups is 1. The minimum atomic E-state index is -0.170. The number of anilines is 1. The number of hydrogen-bond donors (Lipinski definition) is 1. The third kappa shape index (κ3) is 1.84. The van der Waals surface area contributed by atoms with Crippen molar-refractivity contribution in [2.24, 2.45) is 23.7 Å². The molecule has 1 heterocycles. The Morgan fingerprint density at radius 1 is 0.952 bits per heavy atom. The molecule has 6 unspecified atom stereocenters. The third-order valence-electron chi connectivity index (χ3n) is 5.00. The van der Waals surface area contributed by atoms with E-state index in [-0.39, 0.29) is 45.1 Å². The van der Waals surface area contributed by atoms with E-state index < -0.39 is 0 Å². The Kier molecular flexibility index (Phi) is 3.15. The van der Waals surface area contributed by atoms with Crippen molar-refractivity contribution >= 4 is 49.4 Å². The summed E-state index contributed by atoms with van der Waals surface area (Å²) in [4.78, 5) is 25.9. The maximum atomic E-state index is 12.7. The first-order chi connectivity index (χ1) is 10.1. The van der Waals surface area contributed by atoms with Crippen molar-refractivity contribution in [1.82, 2.24) is 5.01 Å². The summed E-state index contributed by atoms with van der Waals surface area (Å²) in [6.45, 7) is 0. The predicted octanol–water partition coefficient (Wildman–Crippen LogP) is 2.79. The molecular formula is C15H14Br2N2O2. The molecule has 6 heteroatoms. The highest BCUT2D eigenvalue weighted by Crippen LogP contribution is 2.60. The van der Waals surface area contributed by atoms with Gasteiger partial charge < -0.3 is 0 Å². The Morgan fingerprint density at radius 3 is 2.00 bits per heavy atom. The van der Waals surface area contributed by atoms with Crippen molar-refractivity contribution < 1.29 is 9.59 Å². The molecule has 2 bridgehead atoms. The Balaban J connectivity index is 1.62. The van der Waals surface area contributed by atoms with E-state index in [4.69, 9.17) is 0 Å². The van der Waals surface area contributed by atoms with E-state index in [1.54, 1.807) is 0 Å². The van der Waals surface area contributed by atoms with Gasteiger partial charge in [0.05, 0.1) is 17.5 Å². The standard InChI is InChI=1S/C15H14Br2N2O2/c16-12-8-6-9(13(12)17)11-10(8)14(20)19(15(11)21)18-7-4-2-1-3-5-7/h1-5,8-13,18H,6H2. The highest BCUT2D eigenvalue weighted by Gasteiger charge is 2.66. The van der Waals surface area contributed by atoms with Crippen LogP contribution in [0.4, 0.5) is 5.69 Å². The summed E-state index contributed by atoms with van der Waals surface area (Å²) in [6, 6.07) is 9.36. The molecule has 2 amide bonds. The smallest absolute Gasteiger partial charge is 0.252 e. The molecule has 2 saturated carbocycles. The zero-order chi connectivity index (χ0) is 14.7. The largest absolute Gasteiger partial charge is 0.289 e. The highest BCUT2D eigenvalue weighted by molar-refractivity contribution is 9.12. The van der Waals surface area contributed by atoms with Crippen molar-refractivity contribution in [1.29, 1.82) is 0 Å². The van der Waals surface area contributed by atoms with Crippen LogP contribution in [0.3, 0.4) is 0 Å². The molecule has 110 valence electrons. The summed E-state index contributed by atoms with van der Waals surface area (Å²) in [6.07, 6.45) is 0.956. The molecule has 1 N–H and O–H groups in total. The van der Waals surface area contributed by atoms with Gasteiger partial charge in [-0.3, -0.25) is 15.0 Å². The van der Waals surface area contributed by atoms with E-state index in [9.17, 15) is 9.59 Å². The number of carbonyl (C=O) groups is 2. The van der Waals surface area contributed by atoms with E-state index in [1.807, 2.05) is 30.3 Å². The number of amides is 2. The Labute approximate surface area is 139 Å². The van der Waals surface area contributed by atoms with Crippen LogP contribution in [0.2, 0.25) is 0 Å². The normalized spacial score (nSPS) is 40.8. The minimum absolute atomic E-state index is 0.0785. The second-order valence-electron chi connectivity index (χ2n) is 5.99. The molecule has 1 saturated heterocycles. The quantitative estimate of drug-likeness (QED) is 0.599. The van der Waals surface area contributed by atoms with Crippen molar-refractivity contribution in [2.75, 3.05) is 5.43 Å². The van der Waals surface area contributed by atoms with Crippen LogP contribution in [0.25, 0.3) is 0 Å². The van der Waals surface area contributed by atoms with Gasteiger partial charge in [-0.15, -0.1) is 0 Å². The second-order valence-corrected chi connectivity index (χ2v) is 8.11. The Hall–Kier alpha value is -0.880. The van der Waals surface area contributed by atoms with Crippen LogP contribution in [0.15, 0.2) is 30.3 Å². The van der Waals surface area contributed by atoms with Crippen LogP contribution in [-0.2, 0) is 9.59 Å². The summed E-state index contributed by atoms with van der Waals surface area (Å²) in [5, 5.41) is 1.23. The second kappa shape index (κ2) is 4.81. The van der Waals surface area contributed by atoms with Crippen LogP contribution in [0.5, 0.6) is 0 Å². The van der Waals surface area contributed by atoms with Gasteiger partial charge >= 0.3 is 0 Å². The fraction of sp³-hybridized carbons (Fsp3) is 0.467. The first-order valence-corrected chi connectivity index (χ1v) is 8.90. The number of nitrogens with one attached hydrogen (secondary N) is 1. The first kappa shape index (κ1) is 13.8. The predicted molar refractivity (Wildman–Crippen MR) is 85.9 cm³/mol. The van der Waals surface area contributed by atoms with Crippen LogP contribution < -0.4 is 5.43 Å². The molecule has 1 aliphatic heterocycles. The zero-order valence-electron chi connectivity index (χ0n) is 11.1. The monoisotopic (exact) mass is 412 g/mol. The number of imide groups is 1. The van der Waals surface area contributed by atoms with Crippen LogP contribution in [0.1, 0.15) is 6.42 Å². The fourth-order valence-corrected chi connectivity index (χ4v) is 5.97. The lowest BCUT2D eigenvalue weighted by atomic mass is 9.81. The molecule has 21 heavy (non-hydrogen) atoms. The Bertz CT molecular complexity index is 577. The topological polar surface area (TPSA) is 49.4 Å². The average molecular weight is 414 g/mol. The molecule has 6 atom stereocenters. The van der Waals surface area contributed by atoms with Crippen molar-refractivity contribution in [3.8, 4) is 0 Å². The SMILES string of the molecule is O=C1C2C3CC(C(Br)C3Br)C2C(=O)N1Nc1ccccc1. The summed E-state index contributed by atoms with van der Waals surface area (Å²) in [5.74, 6) is 0.0102. The number of benzene rings is 1. The summed E-state index contributed by atoms with van der Waals surface area (Å²) in [5.41, 5.74) is 3.73. The maximum Gasteiger partial charge on any atom is 0.252 e. The van der Waals surface area contributed by atoms with Crippen LogP contribution in [-0.4, -0.2) is 26.5 Å². The molecule has 3 fully saturated rings. The molecular weight excluding hydrogens is 400 g/mol. The number of nitrogens with zero attached hydrogens (tertiary/aromatic N) is 1. The molecule has 0 spiro atoms. The van der Waals surface area contributed by atoms with Gasteiger partial charge in [-0.05, 0) is 30.4 Å². The first-order valence-electron chi connectivity index (χ1n) is 7.07. The Morgan fingerprint density at radius 2 is 1.48 bits per heavy atom. The number of carbonyl (C=O) groups excluding carboxylic acids is 2. The van der Waals surface area contributed by atoms with Gasteiger partial charge in [0.15, 0.2) is 0 Å². The van der Waals surface area contributed by atoms with E-state index in [2.05, 4.69) is 37.3 Å². The fourth-order valence-electron chi connectivity index (χ4n) is 4.10. The van der Waals surface area contributed by atoms with Crippen LogP contribution >= 0.6 is 31.9 Å².